The molecule has 2 aliphatic heterocycles. The molecule has 44 heavy (non-hydrogen) atoms. The molecule has 0 radical (unpaired) electrons. The summed E-state index contributed by atoms with van der Waals surface area (Å²) in [5.74, 6) is -6.89. The number of phenolic OH excluding ortho intramolecular Hbond substituents is 1. The SMILES string of the molecule is C=CC(=O)N1CCN2c3nc(=O)n(-c4c(C)ccnc4C(C)C)c4c(F)c(-c5c(O)ccc(F)c5F)c(F)c(c34)SCC2C1. The third-order valence-corrected chi connectivity index (χ3v) is 9.28. The van der Waals surface area contributed by atoms with Crippen molar-refractivity contribution in [2.24, 2.45) is 0 Å². The van der Waals surface area contributed by atoms with Gasteiger partial charge in [0.2, 0.25) is 5.91 Å². The summed E-state index contributed by atoms with van der Waals surface area (Å²) in [5.41, 5.74) is -2.12. The lowest BCUT2D eigenvalue weighted by molar-refractivity contribution is -0.126. The second kappa shape index (κ2) is 11.0. The van der Waals surface area contributed by atoms with Crippen LogP contribution < -0.4 is 10.6 Å². The third kappa shape index (κ3) is 4.44. The Morgan fingerprint density at radius 2 is 1.86 bits per heavy atom. The molecular weight excluding hydrogens is 598 g/mol. The molecule has 0 aliphatic carbocycles. The normalized spacial score (nSPS) is 16.3. The van der Waals surface area contributed by atoms with Gasteiger partial charge in [-0.3, -0.25) is 14.3 Å². The number of aromatic hydroxyl groups is 1. The van der Waals surface area contributed by atoms with Crippen molar-refractivity contribution in [2.75, 3.05) is 30.3 Å². The van der Waals surface area contributed by atoms with Gasteiger partial charge in [0, 0.05) is 31.6 Å². The summed E-state index contributed by atoms with van der Waals surface area (Å²) in [6.07, 6.45) is 2.74. The van der Waals surface area contributed by atoms with Gasteiger partial charge >= 0.3 is 5.69 Å². The Hall–Kier alpha value is -4.39. The van der Waals surface area contributed by atoms with Crippen LogP contribution >= 0.6 is 11.8 Å². The average molecular weight is 626 g/mol. The number of carbonyl (C=O) groups excluding carboxylic acids is 1. The predicted molar refractivity (Wildman–Crippen MR) is 160 cm³/mol. The standard InChI is InChI=1S/C31H27F4N5O3S/c1-5-19(42)38-10-11-39-16(12-38)13-44-29-22-28(24(34)21(25(29)35)20-18(41)7-6-17(32)23(20)33)40(31(43)37-30(22)39)27-15(4)8-9-36-26(27)14(2)3/h5-9,14,16,41H,1,10-13H2,2-4H3. The quantitative estimate of drug-likeness (QED) is 0.238. The first kappa shape index (κ1) is 29.7. The fourth-order valence-corrected chi connectivity index (χ4v) is 7.19. The van der Waals surface area contributed by atoms with Crippen LogP contribution in [0, 0.1) is 30.2 Å². The van der Waals surface area contributed by atoms with Crippen LogP contribution in [-0.2, 0) is 4.79 Å². The summed E-state index contributed by atoms with van der Waals surface area (Å²) < 4.78 is 64.3. The Bertz CT molecular complexity index is 1950. The van der Waals surface area contributed by atoms with E-state index in [1.54, 1.807) is 29.0 Å². The molecular formula is C31H27F4N5O3S. The van der Waals surface area contributed by atoms with Gasteiger partial charge < -0.3 is 14.9 Å². The average Bonchev–Trinajstić information content (AvgIpc) is 3.15. The minimum atomic E-state index is -1.65. The van der Waals surface area contributed by atoms with Gasteiger partial charge in [-0.05, 0) is 42.7 Å². The van der Waals surface area contributed by atoms with Gasteiger partial charge in [0.05, 0.1) is 44.3 Å². The van der Waals surface area contributed by atoms with Gasteiger partial charge in [0.1, 0.15) is 17.4 Å². The molecule has 2 aromatic heterocycles. The molecule has 0 saturated carbocycles. The lowest BCUT2D eigenvalue weighted by Crippen LogP contribution is -2.56. The maximum atomic E-state index is 17.0. The molecule has 228 valence electrons. The van der Waals surface area contributed by atoms with Crippen molar-refractivity contribution in [3.8, 4) is 22.6 Å². The molecule has 2 aliphatic rings. The van der Waals surface area contributed by atoms with Crippen LogP contribution in [0.25, 0.3) is 27.7 Å². The number of piperazine rings is 1. The number of thioether (sulfide) groups is 1. The largest absolute Gasteiger partial charge is 0.507 e. The van der Waals surface area contributed by atoms with Gasteiger partial charge in [-0.2, -0.15) is 4.98 Å². The first-order valence-corrected chi connectivity index (χ1v) is 14.9. The number of aryl methyl sites for hydroxylation is 1. The van der Waals surface area contributed by atoms with Crippen molar-refractivity contribution in [3.05, 3.63) is 82.1 Å². The summed E-state index contributed by atoms with van der Waals surface area (Å²) in [6.45, 7) is 9.58. The van der Waals surface area contributed by atoms with E-state index in [0.29, 0.717) is 17.3 Å². The molecule has 2 aromatic carbocycles. The van der Waals surface area contributed by atoms with Crippen molar-refractivity contribution in [2.45, 2.75) is 37.6 Å². The van der Waals surface area contributed by atoms with Crippen LogP contribution in [0.15, 0.2) is 46.7 Å². The smallest absolute Gasteiger partial charge is 0.354 e. The molecule has 8 nitrogen and oxygen atoms in total. The summed E-state index contributed by atoms with van der Waals surface area (Å²) in [7, 11) is 0. The summed E-state index contributed by atoms with van der Waals surface area (Å²) in [6, 6.07) is 2.63. The minimum Gasteiger partial charge on any atom is -0.507 e. The molecule has 1 amide bonds. The van der Waals surface area contributed by atoms with Gasteiger partial charge in [-0.1, -0.05) is 20.4 Å². The summed E-state index contributed by atoms with van der Waals surface area (Å²) in [5, 5.41) is 10.5. The van der Waals surface area contributed by atoms with Crippen molar-refractivity contribution in [1.29, 1.82) is 0 Å². The van der Waals surface area contributed by atoms with Crippen LogP contribution in [0.2, 0.25) is 0 Å². The number of hydrogen-bond acceptors (Lipinski definition) is 7. The van der Waals surface area contributed by atoms with E-state index in [0.717, 1.165) is 22.4 Å². The highest BCUT2D eigenvalue weighted by atomic mass is 32.2. The van der Waals surface area contributed by atoms with E-state index in [4.69, 9.17) is 0 Å². The van der Waals surface area contributed by atoms with Crippen molar-refractivity contribution >= 4 is 34.4 Å². The van der Waals surface area contributed by atoms with Crippen molar-refractivity contribution in [3.63, 3.8) is 0 Å². The topological polar surface area (TPSA) is 91.6 Å². The number of halogens is 4. The first-order valence-electron chi connectivity index (χ1n) is 13.9. The van der Waals surface area contributed by atoms with E-state index >= 15 is 13.2 Å². The zero-order valence-electron chi connectivity index (χ0n) is 24.0. The van der Waals surface area contributed by atoms with Gasteiger partial charge in [0.15, 0.2) is 17.5 Å². The Kier molecular flexibility index (Phi) is 7.39. The van der Waals surface area contributed by atoms with E-state index in [2.05, 4.69) is 16.5 Å². The number of amides is 1. The Balaban J connectivity index is 1.77. The molecule has 1 atom stereocenters. The lowest BCUT2D eigenvalue weighted by Gasteiger charge is -2.41. The Morgan fingerprint density at radius 1 is 1.11 bits per heavy atom. The number of fused-ring (bicyclic) bond motifs is 2. The minimum absolute atomic E-state index is 0.0119. The number of carbonyl (C=O) groups is 1. The molecule has 6 rings (SSSR count). The van der Waals surface area contributed by atoms with Crippen molar-refractivity contribution < 1.29 is 27.5 Å². The highest BCUT2D eigenvalue weighted by Crippen LogP contribution is 2.48. The Labute approximate surface area is 253 Å². The lowest BCUT2D eigenvalue weighted by atomic mass is 9.98. The van der Waals surface area contributed by atoms with Gasteiger partial charge in [0.25, 0.3) is 0 Å². The zero-order chi connectivity index (χ0) is 31.6. The van der Waals surface area contributed by atoms with Crippen molar-refractivity contribution in [1.82, 2.24) is 19.4 Å². The number of pyridine rings is 1. The Morgan fingerprint density at radius 3 is 2.57 bits per heavy atom. The molecule has 13 heteroatoms. The third-order valence-electron chi connectivity index (χ3n) is 8.06. The molecule has 0 bridgehead atoms. The van der Waals surface area contributed by atoms with Gasteiger partial charge in [-0.15, -0.1) is 11.8 Å². The van der Waals surface area contributed by atoms with Gasteiger partial charge in [-0.25, -0.2) is 22.4 Å². The highest BCUT2D eigenvalue weighted by molar-refractivity contribution is 7.99. The molecule has 1 unspecified atom stereocenters. The molecule has 4 heterocycles. The van der Waals surface area contributed by atoms with Crippen LogP contribution in [-0.4, -0.2) is 61.9 Å². The number of benzene rings is 2. The second-order valence-corrected chi connectivity index (χ2v) is 12.1. The maximum absolute atomic E-state index is 17.0. The number of hydrogen-bond donors (Lipinski definition) is 1. The zero-order valence-corrected chi connectivity index (χ0v) is 24.8. The highest BCUT2D eigenvalue weighted by Gasteiger charge is 2.39. The number of nitrogens with zero attached hydrogens (tertiary/aromatic N) is 5. The maximum Gasteiger partial charge on any atom is 0.354 e. The van der Waals surface area contributed by atoms with E-state index in [1.165, 1.54) is 6.08 Å². The second-order valence-electron chi connectivity index (χ2n) is 11.0. The molecule has 1 N–H and O–H groups in total. The fourth-order valence-electron chi connectivity index (χ4n) is 5.98. The molecule has 4 aromatic rings. The number of rotatable bonds is 4. The molecule has 1 fully saturated rings. The van der Waals surface area contributed by atoms with Crippen LogP contribution in [0.3, 0.4) is 0 Å². The van der Waals surface area contributed by atoms with E-state index < -0.39 is 57.4 Å². The predicted octanol–water partition coefficient (Wildman–Crippen LogP) is 5.45. The number of anilines is 1. The summed E-state index contributed by atoms with van der Waals surface area (Å²) >= 11 is 0.978. The molecule has 1 saturated heterocycles. The number of aromatic nitrogens is 3. The van der Waals surface area contributed by atoms with E-state index in [9.17, 15) is 19.1 Å². The summed E-state index contributed by atoms with van der Waals surface area (Å²) in [4.78, 5) is 38.4. The van der Waals surface area contributed by atoms with Crippen LogP contribution in [0.4, 0.5) is 23.4 Å². The molecule has 0 spiro atoms. The number of phenols is 1. The fraction of sp³-hybridized carbons (Fsp3) is 0.290. The van der Waals surface area contributed by atoms with Crippen LogP contribution in [0.1, 0.15) is 31.0 Å². The van der Waals surface area contributed by atoms with E-state index in [1.807, 2.05) is 13.8 Å². The van der Waals surface area contributed by atoms with E-state index in [-0.39, 0.29) is 59.0 Å². The van der Waals surface area contributed by atoms with Crippen LogP contribution in [0.5, 0.6) is 5.75 Å². The monoisotopic (exact) mass is 625 g/mol. The first-order chi connectivity index (χ1) is 21.0.